The Bertz CT molecular complexity index is 3010. The number of fused-ring (bicyclic) bond motifs is 6. The number of nitrogens with zero attached hydrogens (tertiary/aromatic N) is 1. The highest BCUT2D eigenvalue weighted by Crippen LogP contribution is 2.59. The first kappa shape index (κ1) is 37.7. The van der Waals surface area contributed by atoms with Crippen LogP contribution in [-0.4, -0.2) is 0 Å². The number of anilines is 3. The molecule has 3 aliphatic rings. The molecule has 64 heavy (non-hydrogen) atoms. The Labute approximate surface area is 376 Å². The fraction of sp³-hybridized carbons (Fsp3) is 0.0476. The highest BCUT2D eigenvalue weighted by Gasteiger charge is 2.48. The molecular formula is C63H45N. The Morgan fingerprint density at radius 2 is 0.719 bits per heavy atom. The summed E-state index contributed by atoms with van der Waals surface area (Å²) < 4.78 is 0. The maximum Gasteiger partial charge on any atom is 0.0714 e. The second-order valence-electron chi connectivity index (χ2n) is 17.1. The summed E-state index contributed by atoms with van der Waals surface area (Å²) in [6.45, 7) is 0. The molecule has 0 N–H and O–H groups in total. The fourth-order valence-corrected chi connectivity index (χ4v) is 11.2. The standard InChI is InChI=1S/C63H45N/c1-2-8-22-45(21-7-1)46-35-37-51(38-36-46)64(52-39-41-56-54-31-17-19-33-58(54)62(60(56)43-52,47-23-9-3-10-24-47)48-25-11-4-12-26-48)53-40-42-57-55-32-18-20-34-59(55)63(61(57)44-53,49-27-13-5-14-28-49)50-29-15-6-16-30-50/h1-7,9-44H,8H2. The van der Waals surface area contributed by atoms with E-state index < -0.39 is 10.8 Å². The number of hydrogen-bond acceptors (Lipinski definition) is 1. The first-order valence-electron chi connectivity index (χ1n) is 22.4. The maximum absolute atomic E-state index is 2.48. The summed E-state index contributed by atoms with van der Waals surface area (Å²) in [5.41, 5.74) is 20.0. The number of benzene rings is 9. The van der Waals surface area contributed by atoms with Crippen LogP contribution in [0.25, 0.3) is 27.8 Å². The second-order valence-corrected chi connectivity index (χ2v) is 17.1. The number of allylic oxidation sites excluding steroid dienone is 6. The molecule has 0 radical (unpaired) electrons. The molecule has 3 aliphatic carbocycles. The van der Waals surface area contributed by atoms with Gasteiger partial charge in [-0.25, -0.2) is 0 Å². The van der Waals surface area contributed by atoms with Gasteiger partial charge in [-0.3, -0.25) is 0 Å². The normalized spacial score (nSPS) is 14.7. The minimum atomic E-state index is -0.526. The van der Waals surface area contributed by atoms with Crippen LogP contribution in [0.1, 0.15) is 56.5 Å². The SMILES string of the molecule is C1=CCC=C(c2ccc(N(c3ccc4c(c3)C(c3ccccc3)(c3ccccc3)c3ccccc3-4)c3ccc4c(c3)C(c3ccccc3)(c3ccccc3)c3ccccc3-4)cc2)C=C1. The molecule has 0 fully saturated rings. The minimum Gasteiger partial charge on any atom is -0.310 e. The lowest BCUT2D eigenvalue weighted by Crippen LogP contribution is -2.29. The zero-order valence-electron chi connectivity index (χ0n) is 35.5. The van der Waals surface area contributed by atoms with Crippen LogP contribution in [0.4, 0.5) is 17.1 Å². The van der Waals surface area contributed by atoms with Crippen molar-refractivity contribution in [1.82, 2.24) is 0 Å². The maximum atomic E-state index is 2.48. The van der Waals surface area contributed by atoms with Gasteiger partial charge in [0.15, 0.2) is 0 Å². The summed E-state index contributed by atoms with van der Waals surface area (Å²) in [5, 5.41) is 0. The van der Waals surface area contributed by atoms with Gasteiger partial charge >= 0.3 is 0 Å². The summed E-state index contributed by atoms with van der Waals surface area (Å²) in [4.78, 5) is 2.48. The van der Waals surface area contributed by atoms with Gasteiger partial charge in [0.1, 0.15) is 0 Å². The third-order valence-corrected chi connectivity index (χ3v) is 13.9. The molecule has 0 heterocycles. The summed E-state index contributed by atoms with van der Waals surface area (Å²) in [7, 11) is 0. The van der Waals surface area contributed by atoms with Crippen LogP contribution >= 0.6 is 0 Å². The van der Waals surface area contributed by atoms with Crippen molar-refractivity contribution in [3.63, 3.8) is 0 Å². The van der Waals surface area contributed by atoms with Crippen LogP contribution in [0.5, 0.6) is 0 Å². The first-order chi connectivity index (χ1) is 31.8. The zero-order valence-corrected chi connectivity index (χ0v) is 35.5. The number of rotatable bonds is 8. The molecule has 302 valence electrons. The molecular weight excluding hydrogens is 771 g/mol. The largest absolute Gasteiger partial charge is 0.310 e. The summed E-state index contributed by atoms with van der Waals surface area (Å²) in [6, 6.07) is 86.0. The molecule has 12 rings (SSSR count). The summed E-state index contributed by atoms with van der Waals surface area (Å²) in [5.74, 6) is 0. The van der Waals surface area contributed by atoms with Crippen molar-refractivity contribution in [3.05, 3.63) is 311 Å². The van der Waals surface area contributed by atoms with Crippen molar-refractivity contribution in [2.24, 2.45) is 0 Å². The van der Waals surface area contributed by atoms with E-state index in [9.17, 15) is 0 Å². The van der Waals surface area contributed by atoms with Gasteiger partial charge in [0.2, 0.25) is 0 Å². The van der Waals surface area contributed by atoms with Crippen molar-refractivity contribution in [1.29, 1.82) is 0 Å². The predicted molar refractivity (Wildman–Crippen MR) is 267 cm³/mol. The Balaban J connectivity index is 1.12. The second kappa shape index (κ2) is 15.4. The molecule has 0 saturated heterocycles. The Morgan fingerprint density at radius 1 is 0.328 bits per heavy atom. The molecule has 1 nitrogen and oxygen atoms in total. The average molecular weight is 816 g/mol. The van der Waals surface area contributed by atoms with Crippen LogP contribution in [0.15, 0.2) is 261 Å². The lowest BCUT2D eigenvalue weighted by Gasteiger charge is -2.36. The quantitative estimate of drug-likeness (QED) is 0.148. The third kappa shape index (κ3) is 5.71. The average Bonchev–Trinajstić information content (AvgIpc) is 3.65. The van der Waals surface area contributed by atoms with Crippen molar-refractivity contribution in [2.45, 2.75) is 17.3 Å². The molecule has 0 saturated carbocycles. The third-order valence-electron chi connectivity index (χ3n) is 13.9. The van der Waals surface area contributed by atoms with Crippen LogP contribution in [0.2, 0.25) is 0 Å². The smallest absolute Gasteiger partial charge is 0.0714 e. The van der Waals surface area contributed by atoms with Gasteiger partial charge in [-0.2, -0.15) is 0 Å². The van der Waals surface area contributed by atoms with Crippen molar-refractivity contribution >= 4 is 22.6 Å². The van der Waals surface area contributed by atoms with E-state index in [1.54, 1.807) is 0 Å². The van der Waals surface area contributed by atoms with Crippen LogP contribution in [0, 0.1) is 0 Å². The summed E-state index contributed by atoms with van der Waals surface area (Å²) >= 11 is 0. The van der Waals surface area contributed by atoms with Crippen LogP contribution in [-0.2, 0) is 10.8 Å². The number of hydrogen-bond donors (Lipinski definition) is 0. The minimum absolute atomic E-state index is 0.526. The van der Waals surface area contributed by atoms with Gasteiger partial charge < -0.3 is 4.90 Å². The molecule has 0 aromatic heterocycles. The molecule has 9 aromatic rings. The summed E-state index contributed by atoms with van der Waals surface area (Å²) in [6.07, 6.45) is 11.9. The van der Waals surface area contributed by atoms with E-state index in [0.717, 1.165) is 23.5 Å². The van der Waals surface area contributed by atoms with E-state index in [2.05, 4.69) is 266 Å². The van der Waals surface area contributed by atoms with Gasteiger partial charge in [-0.1, -0.05) is 225 Å². The lowest BCUT2D eigenvalue weighted by molar-refractivity contribution is 0.767. The monoisotopic (exact) mass is 815 g/mol. The van der Waals surface area contributed by atoms with E-state index >= 15 is 0 Å². The van der Waals surface area contributed by atoms with Crippen LogP contribution in [0.3, 0.4) is 0 Å². The Kier molecular flexibility index (Phi) is 9.09. The van der Waals surface area contributed by atoms with Crippen LogP contribution < -0.4 is 4.90 Å². The van der Waals surface area contributed by atoms with Gasteiger partial charge in [0, 0.05) is 17.1 Å². The fourth-order valence-electron chi connectivity index (χ4n) is 11.2. The van der Waals surface area contributed by atoms with E-state index in [-0.39, 0.29) is 0 Å². The lowest BCUT2D eigenvalue weighted by atomic mass is 9.67. The van der Waals surface area contributed by atoms with Crippen molar-refractivity contribution in [2.75, 3.05) is 4.90 Å². The molecule has 0 aliphatic heterocycles. The molecule has 0 amide bonds. The molecule has 0 unspecified atom stereocenters. The van der Waals surface area contributed by atoms with E-state index in [1.165, 1.54) is 77.9 Å². The molecule has 0 atom stereocenters. The van der Waals surface area contributed by atoms with E-state index in [0.29, 0.717) is 0 Å². The topological polar surface area (TPSA) is 3.24 Å². The Hall–Kier alpha value is -8.00. The predicted octanol–water partition coefficient (Wildman–Crippen LogP) is 15.8. The highest BCUT2D eigenvalue weighted by molar-refractivity contribution is 5.92. The zero-order chi connectivity index (χ0) is 42.5. The van der Waals surface area contributed by atoms with Gasteiger partial charge in [-0.15, -0.1) is 0 Å². The van der Waals surface area contributed by atoms with Gasteiger partial charge in [-0.05, 0) is 121 Å². The van der Waals surface area contributed by atoms with E-state index in [1.807, 2.05) is 0 Å². The van der Waals surface area contributed by atoms with Crippen molar-refractivity contribution < 1.29 is 0 Å². The Morgan fingerprint density at radius 3 is 1.17 bits per heavy atom. The first-order valence-corrected chi connectivity index (χ1v) is 22.4. The van der Waals surface area contributed by atoms with Crippen molar-refractivity contribution in [3.8, 4) is 22.3 Å². The van der Waals surface area contributed by atoms with Gasteiger partial charge in [0.25, 0.3) is 0 Å². The highest BCUT2D eigenvalue weighted by atomic mass is 15.1. The molecule has 1 heteroatoms. The molecule has 0 bridgehead atoms. The van der Waals surface area contributed by atoms with Gasteiger partial charge in [0.05, 0.1) is 10.8 Å². The molecule has 9 aromatic carbocycles. The van der Waals surface area contributed by atoms with E-state index in [4.69, 9.17) is 0 Å². The molecule has 0 spiro atoms.